The maximum Gasteiger partial charge on any atom is 0.0371 e. The second-order valence-corrected chi connectivity index (χ2v) is 3.97. The summed E-state index contributed by atoms with van der Waals surface area (Å²) in [5, 5.41) is 3.40. The van der Waals surface area contributed by atoms with E-state index < -0.39 is 0 Å². The molecule has 0 saturated heterocycles. The van der Waals surface area contributed by atoms with Gasteiger partial charge in [0.2, 0.25) is 0 Å². The van der Waals surface area contributed by atoms with Crippen LogP contribution in [0.5, 0.6) is 0 Å². The number of hydrogen-bond donors (Lipinski definition) is 2. The number of anilines is 1. The van der Waals surface area contributed by atoms with Gasteiger partial charge in [0.25, 0.3) is 0 Å². The molecule has 0 amide bonds. The highest BCUT2D eigenvalue weighted by Crippen LogP contribution is 2.24. The van der Waals surface area contributed by atoms with Crippen molar-refractivity contribution in [3.05, 3.63) is 24.5 Å². The van der Waals surface area contributed by atoms with E-state index in [2.05, 4.69) is 10.3 Å². The molecular formula is C11H17N3. The Morgan fingerprint density at radius 1 is 1.36 bits per heavy atom. The van der Waals surface area contributed by atoms with Crippen LogP contribution >= 0.6 is 0 Å². The van der Waals surface area contributed by atoms with Crippen LogP contribution in [0.15, 0.2) is 24.5 Å². The molecular weight excluding hydrogens is 174 g/mol. The summed E-state index contributed by atoms with van der Waals surface area (Å²) < 4.78 is 0. The fourth-order valence-corrected chi connectivity index (χ4v) is 2.04. The van der Waals surface area contributed by atoms with Crippen molar-refractivity contribution in [1.29, 1.82) is 0 Å². The van der Waals surface area contributed by atoms with Gasteiger partial charge >= 0.3 is 0 Å². The first-order valence-electron chi connectivity index (χ1n) is 5.26. The van der Waals surface area contributed by atoms with Gasteiger partial charge in [-0.25, -0.2) is 0 Å². The summed E-state index contributed by atoms with van der Waals surface area (Å²) in [4.78, 5) is 3.98. The Hall–Kier alpha value is -1.09. The van der Waals surface area contributed by atoms with Gasteiger partial charge < -0.3 is 11.1 Å². The van der Waals surface area contributed by atoms with Crippen molar-refractivity contribution in [2.45, 2.75) is 25.3 Å². The molecule has 0 aromatic carbocycles. The van der Waals surface area contributed by atoms with Gasteiger partial charge in [0.05, 0.1) is 0 Å². The fraction of sp³-hybridized carbons (Fsp3) is 0.545. The Balaban J connectivity index is 1.82. The first kappa shape index (κ1) is 9.46. The van der Waals surface area contributed by atoms with Gasteiger partial charge in [0.15, 0.2) is 0 Å². The van der Waals surface area contributed by atoms with Crippen LogP contribution < -0.4 is 11.1 Å². The maximum absolute atomic E-state index is 5.99. The molecule has 0 aliphatic heterocycles. The van der Waals surface area contributed by atoms with Crippen LogP contribution in [0.25, 0.3) is 0 Å². The van der Waals surface area contributed by atoms with E-state index in [4.69, 9.17) is 5.73 Å². The van der Waals surface area contributed by atoms with Crippen molar-refractivity contribution in [3.8, 4) is 0 Å². The zero-order valence-electron chi connectivity index (χ0n) is 8.32. The van der Waals surface area contributed by atoms with Crippen LogP contribution in [0.1, 0.15) is 19.3 Å². The molecule has 0 radical (unpaired) electrons. The number of nitrogens with two attached hydrogens (primary N) is 1. The van der Waals surface area contributed by atoms with E-state index in [1.54, 1.807) is 12.4 Å². The van der Waals surface area contributed by atoms with E-state index in [1.807, 2.05) is 12.1 Å². The highest BCUT2D eigenvalue weighted by Gasteiger charge is 2.23. The van der Waals surface area contributed by atoms with Crippen molar-refractivity contribution in [2.24, 2.45) is 11.7 Å². The lowest BCUT2D eigenvalue weighted by atomic mass is 10.0. The molecule has 3 nitrogen and oxygen atoms in total. The molecule has 0 bridgehead atoms. The van der Waals surface area contributed by atoms with E-state index in [0.717, 1.165) is 12.2 Å². The molecule has 76 valence electrons. The van der Waals surface area contributed by atoms with Crippen LogP contribution in [-0.2, 0) is 0 Å². The molecule has 1 aromatic rings. The standard InChI is InChI=1S/C11H17N3/c12-11-3-1-2-9(11)8-14-10-4-6-13-7-5-10/h4-7,9,11H,1-3,8,12H2,(H,13,14). The van der Waals surface area contributed by atoms with E-state index in [-0.39, 0.29) is 0 Å². The second-order valence-electron chi connectivity index (χ2n) is 3.97. The van der Waals surface area contributed by atoms with Crippen LogP contribution in [0.2, 0.25) is 0 Å². The zero-order valence-corrected chi connectivity index (χ0v) is 8.32. The number of nitrogens with zero attached hydrogens (tertiary/aromatic N) is 1. The van der Waals surface area contributed by atoms with Crippen LogP contribution in [0, 0.1) is 5.92 Å². The molecule has 1 fully saturated rings. The largest absolute Gasteiger partial charge is 0.385 e. The van der Waals surface area contributed by atoms with Crippen molar-refractivity contribution in [3.63, 3.8) is 0 Å². The van der Waals surface area contributed by atoms with Gasteiger partial charge in [-0.3, -0.25) is 4.98 Å². The van der Waals surface area contributed by atoms with E-state index >= 15 is 0 Å². The van der Waals surface area contributed by atoms with Crippen molar-refractivity contribution in [1.82, 2.24) is 4.98 Å². The molecule has 3 heteroatoms. The molecule has 2 rings (SSSR count). The summed E-state index contributed by atoms with van der Waals surface area (Å²) in [5.74, 6) is 0.642. The molecule has 1 aromatic heterocycles. The molecule has 1 aliphatic rings. The average Bonchev–Trinajstić information content (AvgIpc) is 2.63. The van der Waals surface area contributed by atoms with Gasteiger partial charge in [-0.15, -0.1) is 0 Å². The Morgan fingerprint density at radius 2 is 2.14 bits per heavy atom. The third kappa shape index (κ3) is 2.23. The van der Waals surface area contributed by atoms with Gasteiger partial charge in [-0.2, -0.15) is 0 Å². The number of aromatic nitrogens is 1. The summed E-state index contributed by atoms with van der Waals surface area (Å²) in [6.45, 7) is 0.991. The second kappa shape index (κ2) is 4.42. The van der Waals surface area contributed by atoms with Crippen molar-refractivity contribution in [2.75, 3.05) is 11.9 Å². The van der Waals surface area contributed by atoms with Gasteiger partial charge in [0, 0.05) is 30.7 Å². The minimum Gasteiger partial charge on any atom is -0.385 e. The van der Waals surface area contributed by atoms with E-state index in [0.29, 0.717) is 12.0 Å². The van der Waals surface area contributed by atoms with Gasteiger partial charge in [-0.1, -0.05) is 6.42 Å². The summed E-state index contributed by atoms with van der Waals surface area (Å²) in [5.41, 5.74) is 7.13. The molecule has 0 spiro atoms. The lowest BCUT2D eigenvalue weighted by Gasteiger charge is -2.16. The van der Waals surface area contributed by atoms with E-state index in [1.165, 1.54) is 19.3 Å². The predicted molar refractivity (Wildman–Crippen MR) is 58.0 cm³/mol. The summed E-state index contributed by atoms with van der Waals surface area (Å²) in [6.07, 6.45) is 7.33. The topological polar surface area (TPSA) is 50.9 Å². The predicted octanol–water partition coefficient (Wildman–Crippen LogP) is 1.62. The van der Waals surface area contributed by atoms with Crippen LogP contribution in [-0.4, -0.2) is 17.6 Å². The highest BCUT2D eigenvalue weighted by atomic mass is 14.9. The first-order valence-corrected chi connectivity index (χ1v) is 5.26. The molecule has 2 atom stereocenters. The zero-order chi connectivity index (χ0) is 9.80. The Bertz CT molecular complexity index is 273. The van der Waals surface area contributed by atoms with Crippen molar-refractivity contribution < 1.29 is 0 Å². The molecule has 1 saturated carbocycles. The van der Waals surface area contributed by atoms with Crippen LogP contribution in [0.3, 0.4) is 0 Å². The Morgan fingerprint density at radius 3 is 2.79 bits per heavy atom. The Kier molecular flexibility index (Phi) is 2.99. The van der Waals surface area contributed by atoms with Gasteiger partial charge in [0.1, 0.15) is 0 Å². The normalized spacial score (nSPS) is 26.4. The number of nitrogens with one attached hydrogen (secondary N) is 1. The SMILES string of the molecule is NC1CCCC1CNc1ccncc1. The highest BCUT2D eigenvalue weighted by molar-refractivity contribution is 5.40. The van der Waals surface area contributed by atoms with E-state index in [9.17, 15) is 0 Å². The monoisotopic (exact) mass is 191 g/mol. The number of pyridine rings is 1. The quantitative estimate of drug-likeness (QED) is 0.763. The minimum atomic E-state index is 0.393. The third-order valence-electron chi connectivity index (χ3n) is 2.97. The lowest BCUT2D eigenvalue weighted by molar-refractivity contribution is 0.505. The number of hydrogen-bond acceptors (Lipinski definition) is 3. The molecule has 14 heavy (non-hydrogen) atoms. The number of rotatable bonds is 3. The molecule has 1 heterocycles. The van der Waals surface area contributed by atoms with Crippen molar-refractivity contribution >= 4 is 5.69 Å². The minimum absolute atomic E-state index is 0.393. The molecule has 1 aliphatic carbocycles. The van der Waals surface area contributed by atoms with Gasteiger partial charge in [-0.05, 0) is 30.9 Å². The fourth-order valence-electron chi connectivity index (χ4n) is 2.04. The molecule has 2 unspecified atom stereocenters. The summed E-state index contributed by atoms with van der Waals surface area (Å²) >= 11 is 0. The Labute approximate surface area is 84.7 Å². The maximum atomic E-state index is 5.99. The van der Waals surface area contributed by atoms with Crippen LogP contribution in [0.4, 0.5) is 5.69 Å². The first-order chi connectivity index (χ1) is 6.86. The summed E-state index contributed by atoms with van der Waals surface area (Å²) in [7, 11) is 0. The summed E-state index contributed by atoms with van der Waals surface area (Å²) in [6, 6.07) is 4.37. The molecule has 3 N–H and O–H groups in total. The average molecular weight is 191 g/mol. The third-order valence-corrected chi connectivity index (χ3v) is 2.97. The smallest absolute Gasteiger partial charge is 0.0371 e. The lowest BCUT2D eigenvalue weighted by Crippen LogP contribution is -2.29.